The molecule has 0 aromatic carbocycles. The van der Waals surface area contributed by atoms with E-state index in [0.717, 1.165) is 32.1 Å². The van der Waals surface area contributed by atoms with Crippen molar-refractivity contribution in [3.8, 4) is 0 Å². The fraction of sp³-hybridized carbons (Fsp3) is 0.750. The average molecular weight is 354 g/mol. The number of carbonyl (C=O) groups is 2. The van der Waals surface area contributed by atoms with E-state index in [4.69, 9.17) is 14.9 Å². The van der Waals surface area contributed by atoms with Crippen LogP contribution in [0.4, 0.5) is 0 Å². The number of aliphatic hydroxyl groups excluding tert-OH is 2. The third-order valence-corrected chi connectivity index (χ3v) is 3.38. The molecular weight excluding hydrogens is 327 g/mol. The topological polar surface area (TPSA) is 107 Å². The van der Waals surface area contributed by atoms with Gasteiger partial charge < -0.3 is 24.9 Å². The number of esters is 1. The van der Waals surface area contributed by atoms with E-state index >= 15 is 0 Å². The van der Waals surface area contributed by atoms with E-state index in [1.807, 2.05) is 6.08 Å². The maximum atomic E-state index is 11.6. The Hall–Kier alpha value is 0.236. The third-order valence-electron chi connectivity index (χ3n) is 3.38. The number of rotatable bonds is 12. The SMILES string of the molecule is CCCCCC/C=C(/C)C(CC(=O)OCC(O)CO)C(=O)[O-].[K+]. The van der Waals surface area contributed by atoms with Gasteiger partial charge in [-0.15, -0.1) is 0 Å². The van der Waals surface area contributed by atoms with Crippen LogP contribution in [-0.4, -0.2) is 41.5 Å². The number of carboxylic acid groups (broad SMARTS) is 1. The van der Waals surface area contributed by atoms with Crippen LogP contribution in [0.25, 0.3) is 0 Å². The second-order valence-electron chi connectivity index (χ2n) is 5.39. The van der Waals surface area contributed by atoms with Crippen LogP contribution in [0.5, 0.6) is 0 Å². The smallest absolute Gasteiger partial charge is 0.549 e. The number of aliphatic hydroxyl groups is 2. The van der Waals surface area contributed by atoms with Crippen molar-refractivity contribution >= 4 is 11.9 Å². The zero-order valence-corrected chi connectivity index (χ0v) is 17.5. The van der Waals surface area contributed by atoms with E-state index in [-0.39, 0.29) is 64.4 Å². The van der Waals surface area contributed by atoms with Crippen LogP contribution in [0.2, 0.25) is 0 Å². The van der Waals surface area contributed by atoms with E-state index in [1.54, 1.807) is 6.92 Å². The predicted octanol–water partition coefficient (Wildman–Crippen LogP) is -2.44. The standard InChI is InChI=1S/C16H28O6.K/c1-3-4-5-6-7-8-12(2)14(16(20)21)9-15(19)22-11-13(18)10-17;/h8,13-14,17-18H,3-7,9-11H2,1-2H3,(H,20,21);/q;+1/p-1/b12-8-;. The number of aliphatic carboxylic acids is 1. The number of ether oxygens (including phenoxy) is 1. The number of hydrogen-bond donors (Lipinski definition) is 2. The fourth-order valence-electron chi connectivity index (χ4n) is 1.94. The molecule has 0 heterocycles. The molecule has 2 N–H and O–H groups in total. The Morgan fingerprint density at radius 2 is 1.91 bits per heavy atom. The van der Waals surface area contributed by atoms with Gasteiger partial charge in [0.05, 0.1) is 13.0 Å². The molecule has 2 unspecified atom stereocenters. The number of allylic oxidation sites excluding steroid dienone is 1. The first kappa shape index (κ1) is 25.5. The van der Waals surface area contributed by atoms with Crippen LogP contribution in [0.15, 0.2) is 11.6 Å². The Morgan fingerprint density at radius 1 is 1.26 bits per heavy atom. The minimum Gasteiger partial charge on any atom is -0.549 e. The van der Waals surface area contributed by atoms with Crippen molar-refractivity contribution < 1.29 is 81.0 Å². The molecule has 2 atom stereocenters. The molecular formula is C16H27KO6. The summed E-state index contributed by atoms with van der Waals surface area (Å²) in [6.07, 6.45) is 5.47. The summed E-state index contributed by atoms with van der Waals surface area (Å²) in [5.74, 6) is -3.08. The zero-order chi connectivity index (χ0) is 17.0. The predicted molar refractivity (Wildman–Crippen MR) is 79.7 cm³/mol. The Morgan fingerprint density at radius 3 is 2.43 bits per heavy atom. The Bertz CT molecular complexity index is 370. The number of carboxylic acids is 1. The summed E-state index contributed by atoms with van der Waals surface area (Å²) < 4.78 is 4.72. The first-order chi connectivity index (χ1) is 10.4. The summed E-state index contributed by atoms with van der Waals surface area (Å²) in [4.78, 5) is 22.7. The van der Waals surface area contributed by atoms with Crippen molar-refractivity contribution in [2.24, 2.45) is 5.92 Å². The number of carbonyl (C=O) groups excluding carboxylic acids is 2. The summed E-state index contributed by atoms with van der Waals surface area (Å²) in [5.41, 5.74) is 0.580. The molecule has 0 bridgehead atoms. The quantitative estimate of drug-likeness (QED) is 0.175. The zero-order valence-electron chi connectivity index (χ0n) is 14.4. The summed E-state index contributed by atoms with van der Waals surface area (Å²) >= 11 is 0. The van der Waals surface area contributed by atoms with E-state index < -0.39 is 30.6 Å². The fourth-order valence-corrected chi connectivity index (χ4v) is 1.94. The van der Waals surface area contributed by atoms with Gasteiger partial charge in [0.15, 0.2) is 0 Å². The number of hydrogen-bond acceptors (Lipinski definition) is 6. The molecule has 0 fully saturated rings. The second-order valence-corrected chi connectivity index (χ2v) is 5.39. The molecule has 128 valence electrons. The summed E-state index contributed by atoms with van der Waals surface area (Å²) in [6.45, 7) is 2.91. The molecule has 0 aromatic heterocycles. The van der Waals surface area contributed by atoms with Gasteiger partial charge in [-0.2, -0.15) is 0 Å². The first-order valence-corrected chi connectivity index (χ1v) is 7.74. The minimum absolute atomic E-state index is 0. The van der Waals surface area contributed by atoms with Gasteiger partial charge in [0.2, 0.25) is 0 Å². The molecule has 0 saturated carbocycles. The first-order valence-electron chi connectivity index (χ1n) is 7.74. The van der Waals surface area contributed by atoms with Crippen molar-refractivity contribution in [2.45, 2.75) is 58.5 Å². The monoisotopic (exact) mass is 354 g/mol. The molecule has 0 aliphatic carbocycles. The van der Waals surface area contributed by atoms with Gasteiger partial charge in [0, 0.05) is 11.9 Å². The molecule has 0 aliphatic rings. The second kappa shape index (κ2) is 15.7. The summed E-state index contributed by atoms with van der Waals surface area (Å²) in [5, 5.41) is 28.8. The van der Waals surface area contributed by atoms with Crippen LogP contribution in [-0.2, 0) is 14.3 Å². The van der Waals surface area contributed by atoms with Gasteiger partial charge in [-0.3, -0.25) is 4.79 Å². The molecule has 0 saturated heterocycles. The van der Waals surface area contributed by atoms with E-state index in [0.29, 0.717) is 5.57 Å². The molecule has 23 heavy (non-hydrogen) atoms. The van der Waals surface area contributed by atoms with Crippen LogP contribution >= 0.6 is 0 Å². The minimum atomic E-state index is -1.32. The van der Waals surface area contributed by atoms with Crippen LogP contribution in [0.1, 0.15) is 52.4 Å². The van der Waals surface area contributed by atoms with Crippen LogP contribution in [0.3, 0.4) is 0 Å². The van der Waals surface area contributed by atoms with Gasteiger partial charge in [-0.25, -0.2) is 0 Å². The maximum Gasteiger partial charge on any atom is 1.00 e. The summed E-state index contributed by atoms with van der Waals surface area (Å²) in [6, 6.07) is 0. The van der Waals surface area contributed by atoms with E-state index in [1.165, 1.54) is 0 Å². The van der Waals surface area contributed by atoms with E-state index in [2.05, 4.69) is 6.92 Å². The molecule has 6 nitrogen and oxygen atoms in total. The van der Waals surface area contributed by atoms with E-state index in [9.17, 15) is 14.7 Å². The van der Waals surface area contributed by atoms with Crippen molar-refractivity contribution in [3.63, 3.8) is 0 Å². The Labute approximate surface area is 180 Å². The van der Waals surface area contributed by atoms with Crippen LogP contribution in [0, 0.1) is 5.92 Å². The van der Waals surface area contributed by atoms with Crippen molar-refractivity contribution in [1.82, 2.24) is 0 Å². The van der Waals surface area contributed by atoms with Gasteiger partial charge in [0.1, 0.15) is 12.7 Å². The average Bonchev–Trinajstić information content (AvgIpc) is 2.49. The summed E-state index contributed by atoms with van der Waals surface area (Å²) in [7, 11) is 0. The molecule has 0 rings (SSSR count). The van der Waals surface area contributed by atoms with Crippen LogP contribution < -0.4 is 56.5 Å². The molecule has 0 spiro atoms. The molecule has 0 aromatic rings. The molecule has 0 aliphatic heterocycles. The van der Waals surface area contributed by atoms with Crippen molar-refractivity contribution in [3.05, 3.63) is 11.6 Å². The van der Waals surface area contributed by atoms with Gasteiger partial charge in [0.25, 0.3) is 0 Å². The Kier molecular flexibility index (Phi) is 17.4. The van der Waals surface area contributed by atoms with Gasteiger partial charge >= 0.3 is 57.4 Å². The van der Waals surface area contributed by atoms with Crippen molar-refractivity contribution in [2.75, 3.05) is 13.2 Å². The molecule has 0 radical (unpaired) electrons. The molecule has 7 heteroatoms. The third kappa shape index (κ3) is 13.2. The van der Waals surface area contributed by atoms with Crippen molar-refractivity contribution in [1.29, 1.82) is 0 Å². The van der Waals surface area contributed by atoms with Gasteiger partial charge in [-0.05, 0) is 19.8 Å². The number of unbranched alkanes of at least 4 members (excludes halogenated alkanes) is 4. The normalized spacial score (nSPS) is 13.8. The van der Waals surface area contributed by atoms with Gasteiger partial charge in [-0.1, -0.05) is 37.8 Å². The Balaban J connectivity index is 0. The molecule has 0 amide bonds. The maximum absolute atomic E-state index is 11.6. The largest absolute Gasteiger partial charge is 1.00 e.